The fourth-order valence-electron chi connectivity index (χ4n) is 1.29. The predicted octanol–water partition coefficient (Wildman–Crippen LogP) is 1.85. The average Bonchev–Trinajstić information content (AvgIpc) is 2.19. The molecule has 1 N–H and O–H groups in total. The largest absolute Gasteiger partial charge is 0.477 e. The first-order chi connectivity index (χ1) is 7.09. The summed E-state index contributed by atoms with van der Waals surface area (Å²) in [5.41, 5.74) is 0.498. The molecular weight excluding hydrogens is 262 g/mol. The number of carboxylic acids is 1. The molecule has 0 aliphatic carbocycles. The Bertz CT molecular complexity index is 493. The molecule has 0 spiro atoms. The van der Waals surface area contributed by atoms with E-state index in [0.29, 0.717) is 11.3 Å². The van der Waals surface area contributed by atoms with E-state index in [-0.39, 0.29) is 5.57 Å². The quantitative estimate of drug-likeness (QED) is 0.789. The highest BCUT2D eigenvalue weighted by Gasteiger charge is 2.26. The second-order valence-electron chi connectivity index (χ2n) is 2.97. The Hall–Kier alpha value is -1.62. The molecule has 1 heterocycles. The molecule has 0 saturated heterocycles. The second kappa shape index (κ2) is 3.51. The maximum Gasteiger partial charge on any atom is 0.341 e. The number of aliphatic carboxylic acids is 1. The van der Waals surface area contributed by atoms with Crippen LogP contribution >= 0.6 is 15.9 Å². The van der Waals surface area contributed by atoms with E-state index in [1.54, 1.807) is 18.2 Å². The van der Waals surface area contributed by atoms with Gasteiger partial charge in [-0.3, -0.25) is 10.1 Å². The van der Waals surface area contributed by atoms with Crippen LogP contribution in [0.3, 0.4) is 0 Å². The van der Waals surface area contributed by atoms with Gasteiger partial charge in [0.2, 0.25) is 5.78 Å². The Morgan fingerprint density at radius 3 is 2.80 bits per heavy atom. The number of nitrogens with zero attached hydrogens (tertiary/aromatic N) is 1. The fraction of sp³-hybridized carbons (Fsp3) is 0. The molecule has 0 fully saturated rings. The minimum Gasteiger partial charge on any atom is -0.477 e. The minimum atomic E-state index is -1.26. The van der Waals surface area contributed by atoms with E-state index < -0.39 is 11.8 Å². The summed E-state index contributed by atoms with van der Waals surface area (Å²) < 4.78 is 0.719. The van der Waals surface area contributed by atoms with Crippen molar-refractivity contribution in [1.29, 1.82) is 0 Å². The number of halogens is 1. The normalized spacial score (nSPS) is 13.9. The third-order valence-corrected chi connectivity index (χ3v) is 2.50. The average molecular weight is 267 g/mol. The van der Waals surface area contributed by atoms with Crippen molar-refractivity contribution in [2.45, 2.75) is 0 Å². The highest BCUT2D eigenvalue weighted by molar-refractivity contribution is 9.10. The van der Waals surface area contributed by atoms with Crippen LogP contribution in [-0.2, 0) is 4.79 Å². The molecule has 1 radical (unpaired) electrons. The van der Waals surface area contributed by atoms with Crippen LogP contribution in [0, 0.1) is 0 Å². The standard InChI is InChI=1S/C10H5BrNO3/c11-5-1-2-8-6(3-5)9(13)7(4-12-8)10(14)15/h1-4H,(H,14,15). The number of ketones is 1. The van der Waals surface area contributed by atoms with Crippen molar-refractivity contribution >= 4 is 33.4 Å². The molecule has 1 aliphatic heterocycles. The van der Waals surface area contributed by atoms with Crippen LogP contribution in [0.5, 0.6) is 0 Å². The zero-order chi connectivity index (χ0) is 11.0. The van der Waals surface area contributed by atoms with Crippen LogP contribution in [0.4, 0.5) is 5.69 Å². The third-order valence-electron chi connectivity index (χ3n) is 2.01. The molecule has 0 bridgehead atoms. The Kier molecular flexibility index (Phi) is 2.32. The summed E-state index contributed by atoms with van der Waals surface area (Å²) >= 11 is 3.21. The Balaban J connectivity index is 2.52. The van der Waals surface area contributed by atoms with Gasteiger partial charge in [-0.2, -0.15) is 0 Å². The highest BCUT2D eigenvalue weighted by atomic mass is 79.9. The maximum atomic E-state index is 11.7. The Morgan fingerprint density at radius 2 is 2.13 bits per heavy atom. The highest BCUT2D eigenvalue weighted by Crippen LogP contribution is 2.27. The van der Waals surface area contributed by atoms with Crippen LogP contribution in [0.25, 0.3) is 0 Å². The van der Waals surface area contributed by atoms with Gasteiger partial charge in [-0.25, -0.2) is 4.79 Å². The van der Waals surface area contributed by atoms with Crippen LogP contribution < -0.4 is 5.32 Å². The number of hydrogen-bond donors (Lipinski definition) is 1. The summed E-state index contributed by atoms with van der Waals surface area (Å²) in [5, 5.41) is 12.6. The first kappa shape index (κ1) is 9.92. The van der Waals surface area contributed by atoms with Gasteiger partial charge in [-0.1, -0.05) is 15.9 Å². The first-order valence-corrected chi connectivity index (χ1v) is 4.87. The number of benzene rings is 1. The summed E-state index contributed by atoms with van der Waals surface area (Å²) in [5.74, 6) is -1.76. The van der Waals surface area contributed by atoms with Gasteiger partial charge in [0.15, 0.2) is 0 Å². The summed E-state index contributed by atoms with van der Waals surface area (Å²) in [7, 11) is 0. The van der Waals surface area contributed by atoms with Crippen molar-refractivity contribution in [3.8, 4) is 0 Å². The van der Waals surface area contributed by atoms with E-state index >= 15 is 0 Å². The number of hydrogen-bond acceptors (Lipinski definition) is 2. The number of Topliss-reactive ketones (excluding diaryl/α,β-unsaturated/α-hetero) is 1. The molecule has 0 aromatic heterocycles. The topological polar surface area (TPSA) is 68.5 Å². The fourth-order valence-corrected chi connectivity index (χ4v) is 1.65. The molecule has 0 amide bonds. The minimum absolute atomic E-state index is 0.305. The van der Waals surface area contributed by atoms with Crippen molar-refractivity contribution in [1.82, 2.24) is 5.32 Å². The van der Waals surface area contributed by atoms with Gasteiger partial charge in [0.1, 0.15) is 5.57 Å². The molecule has 1 aromatic carbocycles. The maximum absolute atomic E-state index is 11.7. The lowest BCUT2D eigenvalue weighted by molar-refractivity contribution is -0.132. The number of carboxylic acid groups (broad SMARTS) is 1. The molecule has 1 aliphatic rings. The van der Waals surface area contributed by atoms with Gasteiger partial charge in [0, 0.05) is 16.2 Å². The van der Waals surface area contributed by atoms with Gasteiger partial charge in [-0.15, -0.1) is 0 Å². The SMILES string of the molecule is O=C(O)C1=C[N]c2ccc(Br)cc2C1=O. The van der Waals surface area contributed by atoms with Crippen LogP contribution in [0.15, 0.2) is 34.4 Å². The Morgan fingerprint density at radius 1 is 1.40 bits per heavy atom. The lowest BCUT2D eigenvalue weighted by Gasteiger charge is -2.12. The van der Waals surface area contributed by atoms with Crippen molar-refractivity contribution in [2.24, 2.45) is 0 Å². The third kappa shape index (κ3) is 1.66. The van der Waals surface area contributed by atoms with E-state index in [2.05, 4.69) is 21.2 Å². The van der Waals surface area contributed by atoms with Gasteiger partial charge in [-0.05, 0) is 18.2 Å². The zero-order valence-electron chi connectivity index (χ0n) is 7.40. The van der Waals surface area contributed by atoms with Gasteiger partial charge in [0.25, 0.3) is 0 Å². The predicted molar refractivity (Wildman–Crippen MR) is 56.0 cm³/mol. The van der Waals surface area contributed by atoms with E-state index in [9.17, 15) is 9.59 Å². The van der Waals surface area contributed by atoms with Crippen LogP contribution in [0.2, 0.25) is 0 Å². The number of rotatable bonds is 1. The summed E-state index contributed by atoms with van der Waals surface area (Å²) in [6, 6.07) is 4.97. The number of carbonyl (C=O) groups is 2. The van der Waals surface area contributed by atoms with E-state index in [1.165, 1.54) is 0 Å². The molecule has 15 heavy (non-hydrogen) atoms. The van der Waals surface area contributed by atoms with E-state index in [4.69, 9.17) is 5.11 Å². The lowest BCUT2D eigenvalue weighted by Crippen LogP contribution is -2.19. The molecule has 5 heteroatoms. The second-order valence-corrected chi connectivity index (χ2v) is 3.88. The molecule has 0 atom stereocenters. The molecule has 1 aromatic rings. The molecule has 0 unspecified atom stereocenters. The summed E-state index contributed by atoms with van der Waals surface area (Å²) in [6.07, 6.45) is 1.08. The van der Waals surface area contributed by atoms with Crippen molar-refractivity contribution < 1.29 is 14.7 Å². The van der Waals surface area contributed by atoms with Crippen LogP contribution in [-0.4, -0.2) is 16.9 Å². The summed E-state index contributed by atoms with van der Waals surface area (Å²) in [6.45, 7) is 0. The van der Waals surface area contributed by atoms with Crippen LogP contribution in [0.1, 0.15) is 10.4 Å². The summed E-state index contributed by atoms with van der Waals surface area (Å²) in [4.78, 5) is 22.4. The van der Waals surface area contributed by atoms with Crippen molar-refractivity contribution in [3.05, 3.63) is 40.0 Å². The Labute approximate surface area is 93.7 Å². The monoisotopic (exact) mass is 266 g/mol. The van der Waals surface area contributed by atoms with E-state index in [1.807, 2.05) is 0 Å². The smallest absolute Gasteiger partial charge is 0.341 e. The molecule has 4 nitrogen and oxygen atoms in total. The van der Waals surface area contributed by atoms with E-state index in [0.717, 1.165) is 10.7 Å². The first-order valence-electron chi connectivity index (χ1n) is 4.08. The lowest BCUT2D eigenvalue weighted by atomic mass is 10.00. The van der Waals surface area contributed by atoms with Gasteiger partial charge in [0.05, 0.1) is 5.69 Å². The molecular formula is C10H5BrNO3. The van der Waals surface area contributed by atoms with Gasteiger partial charge < -0.3 is 5.11 Å². The van der Waals surface area contributed by atoms with Crippen molar-refractivity contribution in [2.75, 3.05) is 0 Å². The zero-order valence-corrected chi connectivity index (χ0v) is 8.98. The van der Waals surface area contributed by atoms with Crippen molar-refractivity contribution in [3.63, 3.8) is 0 Å². The number of carbonyl (C=O) groups excluding carboxylic acids is 1. The van der Waals surface area contributed by atoms with Gasteiger partial charge >= 0.3 is 5.97 Å². The molecule has 2 rings (SSSR count). The molecule has 75 valence electrons. The number of fused-ring (bicyclic) bond motifs is 1. The molecule has 0 saturated carbocycles.